The van der Waals surface area contributed by atoms with Crippen molar-refractivity contribution in [1.29, 1.82) is 0 Å². The molecule has 1 heterocycles. The number of amides is 1. The van der Waals surface area contributed by atoms with Gasteiger partial charge in [-0.25, -0.2) is 5.84 Å². The maximum atomic E-state index is 11.4. The van der Waals surface area contributed by atoms with E-state index < -0.39 is 0 Å². The topological polar surface area (TPSA) is 77.5 Å². The zero-order valence-electron chi connectivity index (χ0n) is 10.3. The Labute approximate surface area is 115 Å². The lowest BCUT2D eigenvalue weighted by atomic mass is 10.2. The minimum absolute atomic E-state index is 0.223. The summed E-state index contributed by atoms with van der Waals surface area (Å²) in [4.78, 5) is 11.4. The van der Waals surface area contributed by atoms with Crippen molar-refractivity contribution in [3.05, 3.63) is 52.4 Å². The average Bonchev–Trinajstić information content (AvgIpc) is 2.78. The van der Waals surface area contributed by atoms with E-state index in [1.165, 1.54) is 0 Å². The van der Waals surface area contributed by atoms with Gasteiger partial charge >= 0.3 is 0 Å². The van der Waals surface area contributed by atoms with Crippen LogP contribution in [-0.2, 0) is 6.61 Å². The summed E-state index contributed by atoms with van der Waals surface area (Å²) >= 11 is 5.77. The molecule has 0 radical (unpaired) electrons. The van der Waals surface area contributed by atoms with E-state index in [2.05, 4.69) is 5.43 Å². The highest BCUT2D eigenvalue weighted by Gasteiger charge is 2.14. The van der Waals surface area contributed by atoms with Crippen LogP contribution in [0, 0.1) is 6.92 Å². The molecule has 0 saturated heterocycles. The fourth-order valence-corrected chi connectivity index (χ4v) is 1.73. The average molecular weight is 281 g/mol. The number of benzene rings is 1. The third-order valence-electron chi connectivity index (χ3n) is 2.54. The van der Waals surface area contributed by atoms with Crippen molar-refractivity contribution in [2.45, 2.75) is 13.5 Å². The molecule has 1 amide bonds. The first-order valence-electron chi connectivity index (χ1n) is 5.59. The Morgan fingerprint density at radius 2 is 2.11 bits per heavy atom. The smallest absolute Gasteiger partial charge is 0.268 e. The largest absolute Gasteiger partial charge is 0.486 e. The Bertz CT molecular complexity index is 578. The van der Waals surface area contributed by atoms with Crippen molar-refractivity contribution in [3.8, 4) is 5.75 Å². The van der Waals surface area contributed by atoms with Gasteiger partial charge in [0.2, 0.25) is 0 Å². The highest BCUT2D eigenvalue weighted by molar-refractivity contribution is 6.30. The van der Waals surface area contributed by atoms with Gasteiger partial charge in [-0.1, -0.05) is 11.6 Å². The molecule has 1 aromatic heterocycles. The van der Waals surface area contributed by atoms with Crippen LogP contribution in [0.15, 0.2) is 34.7 Å². The number of hydrogen-bond acceptors (Lipinski definition) is 4. The molecule has 0 bridgehead atoms. The Hall–Kier alpha value is -1.98. The van der Waals surface area contributed by atoms with Crippen LogP contribution in [0.25, 0.3) is 0 Å². The number of nitrogens with one attached hydrogen (secondary N) is 1. The fourth-order valence-electron chi connectivity index (χ4n) is 1.60. The Morgan fingerprint density at radius 3 is 2.74 bits per heavy atom. The number of carbonyl (C=O) groups excluding carboxylic acids is 1. The molecule has 0 saturated carbocycles. The lowest BCUT2D eigenvalue weighted by Crippen LogP contribution is -2.30. The van der Waals surface area contributed by atoms with E-state index in [0.717, 1.165) is 0 Å². The zero-order valence-corrected chi connectivity index (χ0v) is 11.0. The molecule has 100 valence electrons. The van der Waals surface area contributed by atoms with Gasteiger partial charge in [0.1, 0.15) is 23.9 Å². The minimum Gasteiger partial charge on any atom is -0.486 e. The first-order chi connectivity index (χ1) is 9.10. The Balaban J connectivity index is 2.04. The van der Waals surface area contributed by atoms with Gasteiger partial charge in [-0.3, -0.25) is 10.2 Å². The third-order valence-corrected chi connectivity index (χ3v) is 2.79. The summed E-state index contributed by atoms with van der Waals surface area (Å²) in [7, 11) is 0. The maximum Gasteiger partial charge on any atom is 0.268 e. The second-order valence-corrected chi connectivity index (χ2v) is 4.34. The molecule has 3 N–H and O–H groups in total. The number of ether oxygens (including phenoxy) is 1. The van der Waals surface area contributed by atoms with Crippen LogP contribution in [0.1, 0.15) is 21.9 Å². The molecular formula is C13H13ClN2O3. The summed E-state index contributed by atoms with van der Waals surface area (Å²) in [5.74, 6) is 6.40. The molecule has 0 aliphatic rings. The second-order valence-electron chi connectivity index (χ2n) is 3.90. The van der Waals surface area contributed by atoms with E-state index >= 15 is 0 Å². The summed E-state index contributed by atoms with van der Waals surface area (Å²) in [6.07, 6.45) is 0. The van der Waals surface area contributed by atoms with E-state index in [-0.39, 0.29) is 12.5 Å². The summed E-state index contributed by atoms with van der Waals surface area (Å²) in [6.45, 7) is 1.91. The number of halogens is 1. The molecule has 2 rings (SSSR count). The second kappa shape index (κ2) is 5.77. The molecule has 2 aromatic rings. The van der Waals surface area contributed by atoms with Crippen LogP contribution in [0.2, 0.25) is 5.02 Å². The highest BCUT2D eigenvalue weighted by Crippen LogP contribution is 2.19. The maximum absolute atomic E-state index is 11.4. The van der Waals surface area contributed by atoms with Gasteiger partial charge in [-0.15, -0.1) is 0 Å². The van der Waals surface area contributed by atoms with Gasteiger partial charge in [0.25, 0.3) is 5.91 Å². The first kappa shape index (κ1) is 13.5. The van der Waals surface area contributed by atoms with Gasteiger partial charge < -0.3 is 9.15 Å². The van der Waals surface area contributed by atoms with Gasteiger partial charge in [-0.05, 0) is 37.3 Å². The number of carbonyl (C=O) groups is 1. The predicted molar refractivity (Wildman–Crippen MR) is 70.9 cm³/mol. The SMILES string of the molecule is Cc1oc(COc2ccc(Cl)cc2)cc1C(=O)NN. The highest BCUT2D eigenvalue weighted by atomic mass is 35.5. The standard InChI is InChI=1S/C13H13ClN2O3/c1-8-12(13(17)16-15)6-11(19-8)7-18-10-4-2-9(14)3-5-10/h2-6H,7,15H2,1H3,(H,16,17). The number of hydrogen-bond donors (Lipinski definition) is 2. The Morgan fingerprint density at radius 1 is 1.42 bits per heavy atom. The van der Waals surface area contributed by atoms with E-state index in [1.54, 1.807) is 37.3 Å². The molecule has 0 fully saturated rings. The van der Waals surface area contributed by atoms with Crippen molar-refractivity contribution in [2.24, 2.45) is 5.84 Å². The monoisotopic (exact) mass is 280 g/mol. The van der Waals surface area contributed by atoms with Gasteiger partial charge in [0, 0.05) is 5.02 Å². The molecular weight excluding hydrogens is 268 g/mol. The van der Waals surface area contributed by atoms with Crippen LogP contribution in [0.5, 0.6) is 5.75 Å². The number of hydrazine groups is 1. The molecule has 6 heteroatoms. The quantitative estimate of drug-likeness (QED) is 0.512. The van der Waals surface area contributed by atoms with Crippen LogP contribution >= 0.6 is 11.6 Å². The number of nitrogen functional groups attached to an aromatic ring is 1. The molecule has 0 aliphatic heterocycles. The number of furan rings is 1. The van der Waals surface area contributed by atoms with Gasteiger partial charge in [0.05, 0.1) is 5.56 Å². The van der Waals surface area contributed by atoms with Gasteiger partial charge in [-0.2, -0.15) is 0 Å². The summed E-state index contributed by atoms with van der Waals surface area (Å²) in [5, 5.41) is 0.642. The summed E-state index contributed by atoms with van der Waals surface area (Å²) in [5.41, 5.74) is 2.46. The van der Waals surface area contributed by atoms with Crippen molar-refractivity contribution in [1.82, 2.24) is 5.43 Å². The molecule has 0 unspecified atom stereocenters. The van der Waals surface area contributed by atoms with E-state index in [1.807, 2.05) is 0 Å². The molecule has 5 nitrogen and oxygen atoms in total. The van der Waals surface area contributed by atoms with Crippen molar-refractivity contribution < 1.29 is 13.9 Å². The van der Waals surface area contributed by atoms with Crippen LogP contribution in [-0.4, -0.2) is 5.91 Å². The number of nitrogens with two attached hydrogens (primary N) is 1. The fraction of sp³-hybridized carbons (Fsp3) is 0.154. The molecule has 0 aliphatic carbocycles. The number of aryl methyl sites for hydroxylation is 1. The van der Waals surface area contributed by atoms with Crippen LogP contribution in [0.4, 0.5) is 0 Å². The lowest BCUT2D eigenvalue weighted by molar-refractivity contribution is 0.0952. The summed E-state index contributed by atoms with van der Waals surface area (Å²) in [6, 6.07) is 8.58. The Kier molecular flexibility index (Phi) is 4.09. The molecule has 0 spiro atoms. The number of rotatable bonds is 4. The normalized spacial score (nSPS) is 10.3. The lowest BCUT2D eigenvalue weighted by Gasteiger charge is -2.03. The molecule has 1 aromatic carbocycles. The van der Waals surface area contributed by atoms with Crippen molar-refractivity contribution >= 4 is 17.5 Å². The predicted octanol–water partition coefficient (Wildman–Crippen LogP) is 2.42. The first-order valence-corrected chi connectivity index (χ1v) is 5.96. The van der Waals surface area contributed by atoms with E-state index in [4.69, 9.17) is 26.6 Å². The van der Waals surface area contributed by atoms with E-state index in [9.17, 15) is 4.79 Å². The van der Waals surface area contributed by atoms with Gasteiger partial charge in [0.15, 0.2) is 0 Å². The minimum atomic E-state index is -0.390. The zero-order chi connectivity index (χ0) is 13.8. The summed E-state index contributed by atoms with van der Waals surface area (Å²) < 4.78 is 10.9. The van der Waals surface area contributed by atoms with Crippen LogP contribution < -0.4 is 16.0 Å². The third kappa shape index (κ3) is 3.27. The molecule has 0 atom stereocenters. The van der Waals surface area contributed by atoms with Crippen LogP contribution in [0.3, 0.4) is 0 Å². The molecule has 19 heavy (non-hydrogen) atoms. The van der Waals surface area contributed by atoms with E-state index in [0.29, 0.717) is 27.9 Å². The van der Waals surface area contributed by atoms with Crippen molar-refractivity contribution in [2.75, 3.05) is 0 Å². The van der Waals surface area contributed by atoms with Crippen molar-refractivity contribution in [3.63, 3.8) is 0 Å².